The van der Waals surface area contributed by atoms with Crippen LogP contribution in [-0.4, -0.2) is 41.7 Å². The van der Waals surface area contributed by atoms with Crippen molar-refractivity contribution in [3.63, 3.8) is 0 Å². The normalized spacial score (nSPS) is 17.9. The summed E-state index contributed by atoms with van der Waals surface area (Å²) in [6.07, 6.45) is 11.3. The molecule has 1 fully saturated rings. The summed E-state index contributed by atoms with van der Waals surface area (Å²) in [5.41, 5.74) is 2.18. The van der Waals surface area contributed by atoms with E-state index >= 15 is 0 Å². The summed E-state index contributed by atoms with van der Waals surface area (Å²) in [4.78, 5) is 29.3. The van der Waals surface area contributed by atoms with Gasteiger partial charge in [0.25, 0.3) is 0 Å². The number of amides is 1. The number of hydrogen-bond donors (Lipinski definition) is 1. The van der Waals surface area contributed by atoms with Crippen LogP contribution in [0.15, 0.2) is 24.7 Å². The lowest BCUT2D eigenvalue weighted by molar-refractivity contribution is -0.117. The van der Waals surface area contributed by atoms with Gasteiger partial charge >= 0.3 is 0 Å². The van der Waals surface area contributed by atoms with Crippen molar-refractivity contribution in [1.82, 2.24) is 29.7 Å². The fourth-order valence-electron chi connectivity index (χ4n) is 5.36. The Labute approximate surface area is 206 Å². The predicted molar refractivity (Wildman–Crippen MR) is 135 cm³/mol. The van der Waals surface area contributed by atoms with Crippen molar-refractivity contribution >= 4 is 17.4 Å². The smallest absolute Gasteiger partial charge is 0.224 e. The first-order chi connectivity index (χ1) is 16.8. The molecule has 3 aromatic rings. The molecule has 9 heteroatoms. The average Bonchev–Trinajstić information content (AvgIpc) is 3.47. The number of carbonyl (C=O) groups excluding carboxylic acids is 1. The summed E-state index contributed by atoms with van der Waals surface area (Å²) in [6.45, 7) is 10.3. The number of nitrogens with one attached hydrogen (secondary N) is 1. The van der Waals surface area contributed by atoms with Crippen molar-refractivity contribution in [3.8, 4) is 17.1 Å². The van der Waals surface area contributed by atoms with E-state index in [0.717, 1.165) is 48.0 Å². The molecule has 35 heavy (non-hydrogen) atoms. The number of aromatic nitrogens is 6. The van der Waals surface area contributed by atoms with E-state index in [0.29, 0.717) is 24.0 Å². The maximum Gasteiger partial charge on any atom is 0.224 e. The van der Waals surface area contributed by atoms with Crippen LogP contribution in [0, 0.1) is 12.3 Å². The number of rotatable bonds is 5. The molecule has 1 amide bonds. The van der Waals surface area contributed by atoms with Crippen molar-refractivity contribution in [2.24, 2.45) is 5.41 Å². The van der Waals surface area contributed by atoms with Gasteiger partial charge in [-0.2, -0.15) is 0 Å². The Morgan fingerprint density at radius 1 is 1.17 bits per heavy atom. The first kappa shape index (κ1) is 23.4. The zero-order chi connectivity index (χ0) is 24.7. The van der Waals surface area contributed by atoms with Gasteiger partial charge in [0.15, 0.2) is 17.5 Å². The van der Waals surface area contributed by atoms with Crippen molar-refractivity contribution in [3.05, 3.63) is 36.3 Å². The Kier molecular flexibility index (Phi) is 6.02. The third-order valence-electron chi connectivity index (χ3n) is 6.85. The zero-order valence-electron chi connectivity index (χ0n) is 21.2. The van der Waals surface area contributed by atoms with Crippen LogP contribution in [0.4, 0.5) is 11.5 Å². The molecule has 0 saturated heterocycles. The van der Waals surface area contributed by atoms with Gasteiger partial charge in [-0.15, -0.1) is 10.2 Å². The number of aryl methyl sites for hydroxylation is 1. The minimum Gasteiger partial charge on any atom is -0.342 e. The molecule has 4 heterocycles. The highest BCUT2D eigenvalue weighted by Crippen LogP contribution is 2.43. The first-order valence-corrected chi connectivity index (χ1v) is 12.6. The van der Waals surface area contributed by atoms with Crippen LogP contribution in [0.2, 0.25) is 0 Å². The Hall–Kier alpha value is -3.36. The van der Waals surface area contributed by atoms with Gasteiger partial charge in [0.1, 0.15) is 11.5 Å². The van der Waals surface area contributed by atoms with Crippen LogP contribution in [0.1, 0.15) is 83.9 Å². The van der Waals surface area contributed by atoms with Gasteiger partial charge in [-0.05, 0) is 37.7 Å². The zero-order valence-corrected chi connectivity index (χ0v) is 21.2. The molecule has 1 aliphatic heterocycles. The third-order valence-corrected chi connectivity index (χ3v) is 6.85. The van der Waals surface area contributed by atoms with E-state index in [1.807, 2.05) is 40.0 Å². The first-order valence-electron chi connectivity index (χ1n) is 12.6. The van der Waals surface area contributed by atoms with Crippen LogP contribution >= 0.6 is 0 Å². The topological polar surface area (TPSA) is 102 Å². The molecule has 5 rings (SSSR count). The van der Waals surface area contributed by atoms with Crippen LogP contribution in [0.5, 0.6) is 0 Å². The number of hydrogen-bond acceptors (Lipinski definition) is 7. The van der Waals surface area contributed by atoms with E-state index in [1.165, 1.54) is 12.8 Å². The highest BCUT2D eigenvalue weighted by atomic mass is 16.1. The van der Waals surface area contributed by atoms with Crippen molar-refractivity contribution < 1.29 is 4.79 Å². The van der Waals surface area contributed by atoms with Crippen LogP contribution in [0.25, 0.3) is 17.1 Å². The van der Waals surface area contributed by atoms with Gasteiger partial charge in [0.05, 0.1) is 24.1 Å². The summed E-state index contributed by atoms with van der Waals surface area (Å²) in [7, 11) is 0. The number of nitrogens with zero attached hydrogens (tertiary/aromatic N) is 7. The molecule has 2 aliphatic rings. The van der Waals surface area contributed by atoms with Crippen molar-refractivity contribution in [1.29, 1.82) is 0 Å². The lowest BCUT2D eigenvalue weighted by Gasteiger charge is -2.41. The van der Waals surface area contributed by atoms with E-state index in [2.05, 4.69) is 36.9 Å². The molecule has 1 atom stereocenters. The molecule has 0 bridgehead atoms. The lowest BCUT2D eigenvalue weighted by Crippen LogP contribution is -2.42. The van der Waals surface area contributed by atoms with E-state index in [9.17, 15) is 4.79 Å². The number of anilines is 2. The second-order valence-corrected chi connectivity index (χ2v) is 10.8. The molecule has 1 N–H and O–H groups in total. The number of carbonyl (C=O) groups is 1. The van der Waals surface area contributed by atoms with Gasteiger partial charge in [-0.1, -0.05) is 40.5 Å². The molecule has 9 nitrogen and oxygen atoms in total. The van der Waals surface area contributed by atoms with Gasteiger partial charge in [-0.3, -0.25) is 14.3 Å². The third kappa shape index (κ3) is 4.39. The standard InChI is InChI=1S/C26H34N8O/c1-6-20-25-32-31-16(2)33(25)21-15-28-23(30-24(21)34(20)17-9-7-8-10-17)18-11-12-27-14-19(18)29-22(35)13-26(3,4)5/h11-12,14-15,17,20H,6-10,13H2,1-5H3,(H,29,35)/t20-/m1/s1. The minimum atomic E-state index is -0.111. The SMILES string of the molecule is CC[C@@H]1c2nnc(C)n2-c2cnc(-c3ccncc3NC(=O)CC(C)(C)C)nc2N1C1CCCC1. The van der Waals surface area contributed by atoms with Gasteiger partial charge < -0.3 is 10.2 Å². The fourth-order valence-corrected chi connectivity index (χ4v) is 5.36. The molecular weight excluding hydrogens is 440 g/mol. The number of fused-ring (bicyclic) bond motifs is 3. The van der Waals surface area contributed by atoms with Crippen LogP contribution < -0.4 is 10.2 Å². The molecule has 0 aromatic carbocycles. The molecule has 1 aliphatic carbocycles. The summed E-state index contributed by atoms with van der Waals surface area (Å²) in [5, 5.41) is 12.0. The highest BCUT2D eigenvalue weighted by Gasteiger charge is 2.39. The van der Waals surface area contributed by atoms with E-state index in [-0.39, 0.29) is 17.4 Å². The van der Waals surface area contributed by atoms with Crippen molar-refractivity contribution in [2.75, 3.05) is 10.2 Å². The molecule has 184 valence electrons. The van der Waals surface area contributed by atoms with Crippen LogP contribution in [-0.2, 0) is 4.79 Å². The van der Waals surface area contributed by atoms with Gasteiger partial charge in [0.2, 0.25) is 5.91 Å². The largest absolute Gasteiger partial charge is 0.342 e. The van der Waals surface area contributed by atoms with Gasteiger partial charge in [0, 0.05) is 24.2 Å². The Bertz CT molecular complexity index is 1240. The summed E-state index contributed by atoms with van der Waals surface area (Å²) < 4.78 is 2.09. The minimum absolute atomic E-state index is 0.0481. The average molecular weight is 475 g/mol. The molecule has 3 aromatic heterocycles. The Morgan fingerprint density at radius 3 is 2.66 bits per heavy atom. The fraction of sp³-hybridized carbons (Fsp3) is 0.538. The lowest BCUT2D eigenvalue weighted by atomic mass is 9.92. The second-order valence-electron chi connectivity index (χ2n) is 10.8. The highest BCUT2D eigenvalue weighted by molar-refractivity contribution is 5.94. The predicted octanol–water partition coefficient (Wildman–Crippen LogP) is 5.02. The molecule has 0 unspecified atom stereocenters. The Balaban J connectivity index is 1.60. The molecular formula is C26H34N8O. The second kappa shape index (κ2) is 9.02. The summed E-state index contributed by atoms with van der Waals surface area (Å²) >= 11 is 0. The van der Waals surface area contributed by atoms with E-state index in [1.54, 1.807) is 12.4 Å². The monoisotopic (exact) mass is 474 g/mol. The molecule has 1 saturated carbocycles. The Morgan fingerprint density at radius 2 is 1.94 bits per heavy atom. The van der Waals surface area contributed by atoms with E-state index in [4.69, 9.17) is 9.97 Å². The van der Waals surface area contributed by atoms with Gasteiger partial charge in [-0.25, -0.2) is 9.97 Å². The summed E-state index contributed by atoms with van der Waals surface area (Å²) in [6, 6.07) is 2.39. The van der Waals surface area contributed by atoms with Crippen LogP contribution in [0.3, 0.4) is 0 Å². The molecule has 0 radical (unpaired) electrons. The summed E-state index contributed by atoms with van der Waals surface area (Å²) in [5.74, 6) is 3.23. The van der Waals surface area contributed by atoms with Crippen molar-refractivity contribution in [2.45, 2.75) is 85.2 Å². The quantitative estimate of drug-likeness (QED) is 0.554. The maximum atomic E-state index is 12.7. The molecule has 0 spiro atoms. The maximum absolute atomic E-state index is 12.7. The number of pyridine rings is 1. The van der Waals surface area contributed by atoms with E-state index < -0.39 is 0 Å².